The first-order valence-corrected chi connectivity index (χ1v) is 4.95. The van der Waals surface area contributed by atoms with Crippen molar-refractivity contribution in [3.8, 4) is 5.75 Å². The van der Waals surface area contributed by atoms with Gasteiger partial charge in [0.1, 0.15) is 6.61 Å². The Kier molecular flexibility index (Phi) is 2.56. The summed E-state index contributed by atoms with van der Waals surface area (Å²) in [6.07, 6.45) is 1.63. The van der Waals surface area contributed by atoms with Crippen molar-refractivity contribution in [2.75, 3.05) is 6.61 Å². The zero-order valence-electron chi connectivity index (χ0n) is 7.90. The van der Waals surface area contributed by atoms with Gasteiger partial charge in [-0.15, -0.1) is 0 Å². The summed E-state index contributed by atoms with van der Waals surface area (Å²) in [5.41, 5.74) is 5.31. The van der Waals surface area contributed by atoms with E-state index in [4.69, 9.17) is 22.1 Å². The molecule has 0 spiro atoms. The largest absolute Gasteiger partial charge is 0.486 e. The normalized spacial score (nSPS) is 17.6. The van der Waals surface area contributed by atoms with E-state index in [0.29, 0.717) is 0 Å². The highest BCUT2D eigenvalue weighted by Gasteiger charge is 2.39. The number of halogens is 3. The molecular formula is C10H10ClF2NO. The third-order valence-electron chi connectivity index (χ3n) is 2.40. The SMILES string of the molecule is NC1(COc2c(F)ccc(Cl)c2F)CC1. The number of hydrogen-bond donors (Lipinski definition) is 1. The van der Waals surface area contributed by atoms with Crippen LogP contribution >= 0.6 is 11.6 Å². The molecule has 82 valence electrons. The lowest BCUT2D eigenvalue weighted by Crippen LogP contribution is -2.30. The molecular weight excluding hydrogens is 224 g/mol. The van der Waals surface area contributed by atoms with Crippen molar-refractivity contribution < 1.29 is 13.5 Å². The van der Waals surface area contributed by atoms with Crippen molar-refractivity contribution in [3.63, 3.8) is 0 Å². The summed E-state index contributed by atoms with van der Waals surface area (Å²) in [7, 11) is 0. The number of rotatable bonds is 3. The predicted octanol–water partition coefficient (Wildman–Crippen LogP) is 2.49. The van der Waals surface area contributed by atoms with E-state index in [0.717, 1.165) is 25.0 Å². The molecule has 1 fully saturated rings. The van der Waals surface area contributed by atoms with E-state index in [1.54, 1.807) is 0 Å². The van der Waals surface area contributed by atoms with E-state index in [-0.39, 0.29) is 11.6 Å². The van der Waals surface area contributed by atoms with Crippen LogP contribution in [0.15, 0.2) is 12.1 Å². The maximum absolute atomic E-state index is 13.3. The highest BCUT2D eigenvalue weighted by atomic mass is 35.5. The second kappa shape index (κ2) is 3.61. The van der Waals surface area contributed by atoms with Gasteiger partial charge in [-0.05, 0) is 25.0 Å². The molecule has 0 amide bonds. The van der Waals surface area contributed by atoms with E-state index in [1.165, 1.54) is 0 Å². The summed E-state index contributed by atoms with van der Waals surface area (Å²) in [6, 6.07) is 2.21. The lowest BCUT2D eigenvalue weighted by molar-refractivity contribution is 0.254. The molecule has 0 heterocycles. The number of hydrogen-bond acceptors (Lipinski definition) is 2. The minimum absolute atomic E-state index is 0.112. The van der Waals surface area contributed by atoms with Gasteiger partial charge in [0.15, 0.2) is 17.4 Å². The average molecular weight is 234 g/mol. The molecule has 1 aromatic rings. The van der Waals surface area contributed by atoms with Crippen LogP contribution in [0.25, 0.3) is 0 Å². The minimum Gasteiger partial charge on any atom is -0.486 e. The van der Waals surface area contributed by atoms with E-state index in [1.807, 2.05) is 0 Å². The monoisotopic (exact) mass is 233 g/mol. The van der Waals surface area contributed by atoms with Gasteiger partial charge in [-0.1, -0.05) is 11.6 Å². The van der Waals surface area contributed by atoms with Crippen molar-refractivity contribution in [1.82, 2.24) is 0 Å². The van der Waals surface area contributed by atoms with Gasteiger partial charge in [-0.3, -0.25) is 0 Å². The van der Waals surface area contributed by atoms with Gasteiger partial charge in [0.2, 0.25) is 0 Å². The van der Waals surface area contributed by atoms with Gasteiger partial charge in [-0.2, -0.15) is 0 Å². The molecule has 0 saturated heterocycles. The Morgan fingerprint density at radius 1 is 1.40 bits per heavy atom. The van der Waals surface area contributed by atoms with Crippen molar-refractivity contribution in [2.45, 2.75) is 18.4 Å². The van der Waals surface area contributed by atoms with Gasteiger partial charge >= 0.3 is 0 Å². The standard InChI is InChI=1S/C10H10ClF2NO/c11-6-1-2-7(12)9(8(6)13)15-5-10(14)3-4-10/h1-2H,3-5,14H2. The van der Waals surface area contributed by atoms with Crippen LogP contribution < -0.4 is 10.5 Å². The van der Waals surface area contributed by atoms with Crippen LogP contribution in [0.1, 0.15) is 12.8 Å². The van der Waals surface area contributed by atoms with E-state index in [9.17, 15) is 8.78 Å². The number of benzene rings is 1. The van der Waals surface area contributed by atoms with Crippen LogP contribution in [-0.2, 0) is 0 Å². The second-order valence-corrected chi connectivity index (χ2v) is 4.23. The molecule has 2 rings (SSSR count). The van der Waals surface area contributed by atoms with Crippen molar-refractivity contribution >= 4 is 11.6 Å². The Hall–Kier alpha value is -0.870. The van der Waals surface area contributed by atoms with E-state index in [2.05, 4.69) is 0 Å². The van der Waals surface area contributed by atoms with E-state index >= 15 is 0 Å². The first-order chi connectivity index (χ1) is 7.02. The van der Waals surface area contributed by atoms with Crippen LogP contribution in [0.5, 0.6) is 5.75 Å². The van der Waals surface area contributed by atoms with Gasteiger partial charge < -0.3 is 10.5 Å². The third kappa shape index (κ3) is 2.21. The quantitative estimate of drug-likeness (QED) is 0.814. The summed E-state index contributed by atoms with van der Waals surface area (Å²) in [4.78, 5) is 0. The topological polar surface area (TPSA) is 35.2 Å². The summed E-state index contributed by atoms with van der Waals surface area (Å²) in [5, 5.41) is -0.159. The minimum atomic E-state index is -0.874. The molecule has 0 aliphatic heterocycles. The van der Waals surface area contributed by atoms with Crippen molar-refractivity contribution in [3.05, 3.63) is 28.8 Å². The molecule has 0 bridgehead atoms. The Bertz CT molecular complexity index is 393. The molecule has 0 aromatic heterocycles. The lowest BCUT2D eigenvalue weighted by Gasteiger charge is -2.12. The van der Waals surface area contributed by atoms with Crippen LogP contribution in [0.3, 0.4) is 0 Å². The van der Waals surface area contributed by atoms with Crippen molar-refractivity contribution in [2.24, 2.45) is 5.73 Å². The molecule has 1 saturated carbocycles. The first kappa shape index (κ1) is 10.6. The molecule has 1 aliphatic rings. The van der Waals surface area contributed by atoms with Gasteiger partial charge in [0.05, 0.1) is 10.6 Å². The lowest BCUT2D eigenvalue weighted by atomic mass is 10.3. The smallest absolute Gasteiger partial charge is 0.192 e. The highest BCUT2D eigenvalue weighted by molar-refractivity contribution is 6.30. The highest BCUT2D eigenvalue weighted by Crippen LogP contribution is 2.34. The van der Waals surface area contributed by atoms with Crippen LogP contribution in [0.2, 0.25) is 5.02 Å². The molecule has 1 aromatic carbocycles. The molecule has 0 radical (unpaired) electrons. The molecule has 2 nitrogen and oxygen atoms in total. The Labute approximate surface area is 91.0 Å². The predicted molar refractivity (Wildman–Crippen MR) is 53.0 cm³/mol. The fourth-order valence-corrected chi connectivity index (χ4v) is 1.31. The average Bonchev–Trinajstić information content (AvgIpc) is 2.91. The molecule has 5 heteroatoms. The molecule has 0 unspecified atom stereocenters. The van der Waals surface area contributed by atoms with Crippen LogP contribution in [-0.4, -0.2) is 12.1 Å². The van der Waals surface area contributed by atoms with Gasteiger partial charge in [-0.25, -0.2) is 8.78 Å². The fraction of sp³-hybridized carbons (Fsp3) is 0.400. The third-order valence-corrected chi connectivity index (χ3v) is 2.69. The summed E-state index contributed by atoms with van der Waals surface area (Å²) in [5.74, 6) is -2.08. The molecule has 0 atom stereocenters. The molecule has 15 heavy (non-hydrogen) atoms. The summed E-state index contributed by atoms with van der Waals surface area (Å²) >= 11 is 5.50. The Morgan fingerprint density at radius 2 is 2.07 bits per heavy atom. The summed E-state index contributed by atoms with van der Waals surface area (Å²) < 4.78 is 31.5. The van der Waals surface area contributed by atoms with Gasteiger partial charge in [0.25, 0.3) is 0 Å². The summed E-state index contributed by atoms with van der Waals surface area (Å²) in [6.45, 7) is 0.112. The second-order valence-electron chi connectivity index (χ2n) is 3.82. The van der Waals surface area contributed by atoms with Crippen LogP contribution in [0, 0.1) is 11.6 Å². The maximum Gasteiger partial charge on any atom is 0.192 e. The van der Waals surface area contributed by atoms with Crippen molar-refractivity contribution in [1.29, 1.82) is 0 Å². The number of ether oxygens (including phenoxy) is 1. The fourth-order valence-electron chi connectivity index (χ4n) is 1.16. The van der Waals surface area contributed by atoms with E-state index < -0.39 is 22.9 Å². The maximum atomic E-state index is 13.3. The zero-order chi connectivity index (χ0) is 11.1. The number of nitrogens with two attached hydrogens (primary N) is 1. The zero-order valence-corrected chi connectivity index (χ0v) is 8.65. The molecule has 2 N–H and O–H groups in total. The Morgan fingerprint density at radius 3 is 2.67 bits per heavy atom. The Balaban J connectivity index is 2.16. The van der Waals surface area contributed by atoms with Crippen LogP contribution in [0.4, 0.5) is 8.78 Å². The molecule has 1 aliphatic carbocycles. The van der Waals surface area contributed by atoms with Gasteiger partial charge in [0, 0.05) is 0 Å². The first-order valence-electron chi connectivity index (χ1n) is 4.57.